The van der Waals surface area contributed by atoms with Crippen molar-refractivity contribution < 1.29 is 14.4 Å². The van der Waals surface area contributed by atoms with Crippen LogP contribution < -0.4 is 5.32 Å². The van der Waals surface area contributed by atoms with Crippen molar-refractivity contribution in [1.29, 1.82) is 0 Å². The molecule has 126 valence electrons. The van der Waals surface area contributed by atoms with Crippen LogP contribution >= 0.6 is 0 Å². The number of rotatable bonds is 5. The van der Waals surface area contributed by atoms with Gasteiger partial charge in [0.1, 0.15) is 0 Å². The molecule has 0 unspecified atom stereocenters. The first-order valence-corrected chi connectivity index (χ1v) is 7.94. The van der Waals surface area contributed by atoms with Crippen molar-refractivity contribution in [3.05, 3.63) is 0 Å². The molecule has 1 rings (SSSR count). The molecule has 1 fully saturated rings. The lowest BCUT2D eigenvalue weighted by molar-refractivity contribution is -0.139. The Balaban J connectivity index is 2.66. The van der Waals surface area contributed by atoms with Gasteiger partial charge in [0.2, 0.25) is 17.7 Å². The van der Waals surface area contributed by atoms with Gasteiger partial charge in [0.15, 0.2) is 0 Å². The van der Waals surface area contributed by atoms with Gasteiger partial charge < -0.3 is 15.1 Å². The minimum atomic E-state index is -0.336. The molecule has 0 aromatic rings. The molecule has 0 aromatic carbocycles. The topological polar surface area (TPSA) is 69.7 Å². The maximum atomic E-state index is 12.6. The van der Waals surface area contributed by atoms with Crippen molar-refractivity contribution in [2.75, 3.05) is 19.6 Å². The van der Waals surface area contributed by atoms with E-state index in [1.54, 1.807) is 4.90 Å². The number of likely N-dealkylation sites (tertiary alicyclic amines) is 1. The van der Waals surface area contributed by atoms with Gasteiger partial charge in [-0.15, -0.1) is 0 Å². The van der Waals surface area contributed by atoms with Crippen molar-refractivity contribution in [3.63, 3.8) is 0 Å². The van der Waals surface area contributed by atoms with E-state index in [0.29, 0.717) is 13.1 Å². The summed E-state index contributed by atoms with van der Waals surface area (Å²) in [5.74, 6) is -0.600. The van der Waals surface area contributed by atoms with E-state index in [9.17, 15) is 14.4 Å². The zero-order valence-corrected chi connectivity index (χ0v) is 14.6. The summed E-state index contributed by atoms with van der Waals surface area (Å²) in [6, 6.07) is 0.101. The van der Waals surface area contributed by atoms with Gasteiger partial charge in [-0.05, 0) is 41.5 Å². The zero-order valence-electron chi connectivity index (χ0n) is 14.6. The molecule has 0 aromatic heterocycles. The van der Waals surface area contributed by atoms with Crippen molar-refractivity contribution in [3.8, 4) is 0 Å². The summed E-state index contributed by atoms with van der Waals surface area (Å²) in [4.78, 5) is 39.7. The highest BCUT2D eigenvalue weighted by atomic mass is 16.2. The highest BCUT2D eigenvalue weighted by molar-refractivity contribution is 5.91. The lowest BCUT2D eigenvalue weighted by Gasteiger charge is -2.27. The fourth-order valence-electron chi connectivity index (χ4n) is 2.63. The summed E-state index contributed by atoms with van der Waals surface area (Å²) in [7, 11) is 0. The predicted molar refractivity (Wildman–Crippen MR) is 85.1 cm³/mol. The van der Waals surface area contributed by atoms with E-state index in [4.69, 9.17) is 0 Å². The average Bonchev–Trinajstić information content (AvgIpc) is 2.75. The summed E-state index contributed by atoms with van der Waals surface area (Å²) in [5, 5.41) is 2.85. The number of amides is 3. The van der Waals surface area contributed by atoms with Crippen LogP contribution in [0.1, 0.15) is 48.0 Å². The van der Waals surface area contributed by atoms with E-state index in [1.165, 1.54) is 4.90 Å². The van der Waals surface area contributed by atoms with Gasteiger partial charge in [0, 0.05) is 31.1 Å². The van der Waals surface area contributed by atoms with E-state index < -0.39 is 0 Å². The SMILES string of the molecule is CCN(CC(=O)NC(C)(C)C)C(=O)[C@H]1CC(=O)N(C(C)C)C1. The van der Waals surface area contributed by atoms with E-state index in [0.717, 1.165) is 0 Å². The van der Waals surface area contributed by atoms with Gasteiger partial charge in [0.25, 0.3) is 0 Å². The molecule has 0 bridgehead atoms. The van der Waals surface area contributed by atoms with E-state index in [-0.39, 0.29) is 48.2 Å². The molecule has 3 amide bonds. The van der Waals surface area contributed by atoms with E-state index in [2.05, 4.69) is 5.32 Å². The van der Waals surface area contributed by atoms with Crippen molar-refractivity contribution in [1.82, 2.24) is 15.1 Å². The Morgan fingerprint density at radius 3 is 2.36 bits per heavy atom. The number of carbonyl (C=O) groups excluding carboxylic acids is 3. The second-order valence-corrected chi connectivity index (χ2v) is 7.19. The molecule has 6 heteroatoms. The second kappa shape index (κ2) is 7.11. The minimum absolute atomic E-state index is 0.0172. The molecule has 1 N–H and O–H groups in total. The summed E-state index contributed by atoms with van der Waals surface area (Å²) in [6.45, 7) is 12.4. The van der Waals surface area contributed by atoms with Crippen molar-refractivity contribution in [2.24, 2.45) is 5.92 Å². The lowest BCUT2D eigenvalue weighted by Crippen LogP contribution is -2.48. The van der Waals surface area contributed by atoms with Crippen molar-refractivity contribution >= 4 is 17.7 Å². The van der Waals surface area contributed by atoms with Crippen molar-refractivity contribution in [2.45, 2.75) is 59.5 Å². The third-order valence-electron chi connectivity index (χ3n) is 3.67. The molecule has 6 nitrogen and oxygen atoms in total. The fourth-order valence-corrected chi connectivity index (χ4v) is 2.63. The molecule has 1 aliphatic rings. The fraction of sp³-hybridized carbons (Fsp3) is 0.812. The highest BCUT2D eigenvalue weighted by Gasteiger charge is 2.37. The molecule has 22 heavy (non-hydrogen) atoms. The smallest absolute Gasteiger partial charge is 0.240 e. The normalized spacial score (nSPS) is 18.8. The Morgan fingerprint density at radius 2 is 1.95 bits per heavy atom. The summed E-state index contributed by atoms with van der Waals surface area (Å²) in [6.07, 6.45) is 0.244. The van der Waals surface area contributed by atoms with Crippen LogP contribution in [0.5, 0.6) is 0 Å². The summed E-state index contributed by atoms with van der Waals surface area (Å²) < 4.78 is 0. The minimum Gasteiger partial charge on any atom is -0.350 e. The average molecular weight is 311 g/mol. The maximum Gasteiger partial charge on any atom is 0.240 e. The van der Waals surface area contributed by atoms with E-state index in [1.807, 2.05) is 41.5 Å². The van der Waals surface area contributed by atoms with Gasteiger partial charge in [-0.1, -0.05) is 0 Å². The van der Waals surface area contributed by atoms with Crippen LogP contribution in [0.25, 0.3) is 0 Å². The monoisotopic (exact) mass is 311 g/mol. The van der Waals surface area contributed by atoms with Crippen LogP contribution in [-0.2, 0) is 14.4 Å². The Kier molecular flexibility index (Phi) is 5.97. The number of carbonyl (C=O) groups is 3. The summed E-state index contributed by atoms with van der Waals surface area (Å²) in [5.41, 5.74) is -0.322. The summed E-state index contributed by atoms with van der Waals surface area (Å²) >= 11 is 0. The Morgan fingerprint density at radius 1 is 1.36 bits per heavy atom. The zero-order chi connectivity index (χ0) is 17.1. The molecule has 0 radical (unpaired) electrons. The molecule has 0 aliphatic carbocycles. The van der Waals surface area contributed by atoms with Crippen LogP contribution in [0.15, 0.2) is 0 Å². The van der Waals surface area contributed by atoms with Crippen LogP contribution in [0, 0.1) is 5.92 Å². The van der Waals surface area contributed by atoms with Crippen LogP contribution in [0.3, 0.4) is 0 Å². The molecule has 1 aliphatic heterocycles. The first-order valence-electron chi connectivity index (χ1n) is 7.94. The predicted octanol–water partition coefficient (Wildman–Crippen LogP) is 1.01. The molecule has 1 heterocycles. The first kappa shape index (κ1) is 18.5. The number of nitrogens with zero attached hydrogens (tertiary/aromatic N) is 2. The molecular weight excluding hydrogens is 282 g/mol. The quantitative estimate of drug-likeness (QED) is 0.824. The number of hydrogen-bond acceptors (Lipinski definition) is 3. The van der Waals surface area contributed by atoms with Gasteiger partial charge in [-0.25, -0.2) is 0 Å². The third kappa shape index (κ3) is 5.00. The maximum absolute atomic E-state index is 12.6. The van der Waals surface area contributed by atoms with Crippen LogP contribution in [-0.4, -0.2) is 58.7 Å². The second-order valence-electron chi connectivity index (χ2n) is 7.19. The van der Waals surface area contributed by atoms with Crippen LogP contribution in [0.4, 0.5) is 0 Å². The van der Waals surface area contributed by atoms with Gasteiger partial charge in [0.05, 0.1) is 12.5 Å². The van der Waals surface area contributed by atoms with Gasteiger partial charge in [-0.2, -0.15) is 0 Å². The number of likely N-dealkylation sites (N-methyl/N-ethyl adjacent to an activating group) is 1. The lowest BCUT2D eigenvalue weighted by atomic mass is 10.1. The van der Waals surface area contributed by atoms with E-state index >= 15 is 0 Å². The molecule has 1 saturated heterocycles. The molecule has 0 spiro atoms. The largest absolute Gasteiger partial charge is 0.350 e. The number of nitrogens with one attached hydrogen (secondary N) is 1. The highest BCUT2D eigenvalue weighted by Crippen LogP contribution is 2.22. The third-order valence-corrected chi connectivity index (χ3v) is 3.67. The Labute approximate surface area is 133 Å². The first-order chi connectivity index (χ1) is 10.0. The Bertz CT molecular complexity index is 440. The molecular formula is C16H29N3O3. The van der Waals surface area contributed by atoms with Gasteiger partial charge >= 0.3 is 0 Å². The molecule has 1 atom stereocenters. The van der Waals surface area contributed by atoms with Crippen LogP contribution in [0.2, 0.25) is 0 Å². The van der Waals surface area contributed by atoms with Gasteiger partial charge in [-0.3, -0.25) is 14.4 Å². The number of hydrogen-bond donors (Lipinski definition) is 1. The molecule has 0 saturated carbocycles. The standard InChI is InChI=1S/C16H29N3O3/c1-7-18(10-13(20)17-16(4,5)6)15(22)12-8-14(21)19(9-12)11(2)3/h11-12H,7-10H2,1-6H3,(H,17,20)/t12-/m0/s1. The Hall–Kier alpha value is -1.59.